The van der Waals surface area contributed by atoms with Crippen LogP contribution in [0.1, 0.15) is 39.0 Å². The fourth-order valence-electron chi connectivity index (χ4n) is 4.47. The summed E-state index contributed by atoms with van der Waals surface area (Å²) < 4.78 is 11.2. The summed E-state index contributed by atoms with van der Waals surface area (Å²) in [6.07, 6.45) is 2.96. The highest BCUT2D eigenvalue weighted by atomic mass is 16.5. The minimum Gasteiger partial charge on any atom is -0.457 e. The number of carbonyl (C=O) groups excluding carboxylic acids is 3. The van der Waals surface area contributed by atoms with Crippen LogP contribution in [0.25, 0.3) is 0 Å². The monoisotopic (exact) mass is 421 g/mol. The first-order valence-corrected chi connectivity index (χ1v) is 10.9. The number of anilines is 1. The zero-order valence-electron chi connectivity index (χ0n) is 17.6. The van der Waals surface area contributed by atoms with Gasteiger partial charge in [0.25, 0.3) is 5.91 Å². The van der Waals surface area contributed by atoms with Gasteiger partial charge in [0, 0.05) is 17.5 Å². The van der Waals surface area contributed by atoms with E-state index in [1.165, 1.54) is 0 Å². The Morgan fingerprint density at radius 3 is 2.19 bits per heavy atom. The van der Waals surface area contributed by atoms with Crippen molar-refractivity contribution in [1.82, 2.24) is 0 Å². The van der Waals surface area contributed by atoms with Gasteiger partial charge in [0.15, 0.2) is 6.10 Å². The number of Topliss-reactive ketones (excluding diaryl/α,β-unsaturated/α-hetero) is 1. The summed E-state index contributed by atoms with van der Waals surface area (Å²) in [4.78, 5) is 37.3. The van der Waals surface area contributed by atoms with Crippen molar-refractivity contribution in [2.24, 2.45) is 17.8 Å². The molecule has 162 valence electrons. The highest BCUT2D eigenvalue weighted by Crippen LogP contribution is 2.40. The summed E-state index contributed by atoms with van der Waals surface area (Å²) in [5.41, 5.74) is 0.589. The van der Waals surface area contributed by atoms with Gasteiger partial charge in [0.05, 0.1) is 5.92 Å². The second-order valence-corrected chi connectivity index (χ2v) is 8.40. The molecule has 2 saturated carbocycles. The van der Waals surface area contributed by atoms with E-state index in [1.807, 2.05) is 30.3 Å². The predicted molar refractivity (Wildman–Crippen MR) is 116 cm³/mol. The number of amides is 1. The number of fused-ring (bicyclic) bond motifs is 2. The summed E-state index contributed by atoms with van der Waals surface area (Å²) in [5, 5.41) is 2.76. The first-order valence-electron chi connectivity index (χ1n) is 10.9. The van der Waals surface area contributed by atoms with Gasteiger partial charge in [-0.2, -0.15) is 0 Å². The number of para-hydroxylation sites is 1. The number of rotatable bonds is 6. The Morgan fingerprint density at radius 1 is 0.935 bits per heavy atom. The molecular weight excluding hydrogens is 394 g/mol. The number of esters is 1. The lowest BCUT2D eigenvalue weighted by molar-refractivity contribution is -0.161. The molecular formula is C25H27NO5. The summed E-state index contributed by atoms with van der Waals surface area (Å²) in [5.74, 6) is 0.584. The molecule has 1 N–H and O–H groups in total. The average molecular weight is 421 g/mol. The van der Waals surface area contributed by atoms with E-state index < -0.39 is 12.0 Å². The number of hydrogen-bond donors (Lipinski definition) is 1. The second-order valence-electron chi connectivity index (χ2n) is 8.40. The standard InChI is InChI=1S/C25H27NO5/c1-16(30-25(29)19-14-17-6-5-7-18(15-19)23(17)27)24(28)26-20-10-12-22(13-11-20)31-21-8-3-2-4-9-21/h2-4,8-13,16-19H,5-7,14-15H2,1H3,(H,26,28). The van der Waals surface area contributed by atoms with Gasteiger partial charge >= 0.3 is 5.97 Å². The minimum absolute atomic E-state index is 0.0224. The third-order valence-electron chi connectivity index (χ3n) is 6.14. The smallest absolute Gasteiger partial charge is 0.309 e. The van der Waals surface area contributed by atoms with Crippen LogP contribution >= 0.6 is 0 Å². The Kier molecular flexibility index (Phi) is 6.35. The van der Waals surface area contributed by atoms with Gasteiger partial charge in [0.1, 0.15) is 17.3 Å². The van der Waals surface area contributed by atoms with E-state index in [-0.39, 0.29) is 23.7 Å². The normalized spacial score (nSPS) is 23.5. The van der Waals surface area contributed by atoms with Crippen molar-refractivity contribution < 1.29 is 23.9 Å². The van der Waals surface area contributed by atoms with E-state index in [1.54, 1.807) is 31.2 Å². The van der Waals surface area contributed by atoms with Gasteiger partial charge in [-0.3, -0.25) is 14.4 Å². The Morgan fingerprint density at radius 2 is 1.55 bits per heavy atom. The molecule has 1 amide bonds. The number of benzene rings is 2. The molecule has 6 heteroatoms. The third-order valence-corrected chi connectivity index (χ3v) is 6.14. The summed E-state index contributed by atoms with van der Waals surface area (Å²) >= 11 is 0. The Balaban J connectivity index is 1.28. The molecule has 2 aliphatic rings. The maximum absolute atomic E-state index is 12.6. The van der Waals surface area contributed by atoms with Gasteiger partial charge in [0.2, 0.25) is 0 Å². The van der Waals surface area contributed by atoms with Gasteiger partial charge in [-0.25, -0.2) is 0 Å². The molecule has 0 radical (unpaired) electrons. The van der Waals surface area contributed by atoms with Crippen LogP contribution in [-0.2, 0) is 19.1 Å². The fourth-order valence-corrected chi connectivity index (χ4v) is 4.47. The third kappa shape index (κ3) is 5.13. The molecule has 6 nitrogen and oxygen atoms in total. The number of hydrogen-bond acceptors (Lipinski definition) is 5. The molecule has 2 bridgehead atoms. The number of ketones is 1. The minimum atomic E-state index is -0.912. The van der Waals surface area contributed by atoms with Crippen molar-refractivity contribution in [2.45, 2.75) is 45.1 Å². The second kappa shape index (κ2) is 9.33. The van der Waals surface area contributed by atoms with Crippen molar-refractivity contribution in [3.63, 3.8) is 0 Å². The molecule has 2 aromatic carbocycles. The first-order chi connectivity index (χ1) is 15.0. The Bertz CT molecular complexity index is 924. The van der Waals surface area contributed by atoms with E-state index in [0.717, 1.165) is 25.0 Å². The molecule has 0 heterocycles. The summed E-state index contributed by atoms with van der Waals surface area (Å²) in [6.45, 7) is 1.56. The predicted octanol–water partition coefficient (Wildman–Crippen LogP) is 4.74. The number of carbonyl (C=O) groups is 3. The zero-order chi connectivity index (χ0) is 21.8. The van der Waals surface area contributed by atoms with E-state index >= 15 is 0 Å². The van der Waals surface area contributed by atoms with Gasteiger partial charge < -0.3 is 14.8 Å². The quantitative estimate of drug-likeness (QED) is 0.681. The van der Waals surface area contributed by atoms with Crippen LogP contribution in [0.15, 0.2) is 54.6 Å². The van der Waals surface area contributed by atoms with Gasteiger partial charge in [-0.1, -0.05) is 24.6 Å². The van der Waals surface area contributed by atoms with Crippen molar-refractivity contribution in [3.05, 3.63) is 54.6 Å². The van der Waals surface area contributed by atoms with Crippen LogP contribution < -0.4 is 10.1 Å². The molecule has 0 aliphatic heterocycles. The molecule has 2 aliphatic carbocycles. The maximum atomic E-state index is 12.6. The molecule has 0 spiro atoms. The highest BCUT2D eigenvalue weighted by Gasteiger charge is 2.42. The van der Waals surface area contributed by atoms with Crippen molar-refractivity contribution >= 4 is 23.3 Å². The van der Waals surface area contributed by atoms with Crippen LogP contribution in [0.4, 0.5) is 5.69 Å². The zero-order valence-corrected chi connectivity index (χ0v) is 17.6. The molecule has 3 unspecified atom stereocenters. The Labute approximate surface area is 181 Å². The van der Waals surface area contributed by atoms with Crippen LogP contribution in [-0.4, -0.2) is 23.8 Å². The van der Waals surface area contributed by atoms with Gasteiger partial charge in [-0.15, -0.1) is 0 Å². The lowest BCUT2D eigenvalue weighted by atomic mass is 9.67. The lowest BCUT2D eigenvalue weighted by Gasteiger charge is -2.36. The maximum Gasteiger partial charge on any atom is 0.309 e. The molecule has 2 aromatic rings. The van der Waals surface area contributed by atoms with Gasteiger partial charge in [-0.05, 0) is 69.0 Å². The van der Waals surface area contributed by atoms with Crippen LogP contribution in [0.2, 0.25) is 0 Å². The lowest BCUT2D eigenvalue weighted by Crippen LogP contribution is -2.41. The molecule has 0 saturated heterocycles. The van der Waals surface area contributed by atoms with Crippen LogP contribution in [0.5, 0.6) is 11.5 Å². The first kappa shape index (κ1) is 21.1. The van der Waals surface area contributed by atoms with E-state index in [4.69, 9.17) is 9.47 Å². The molecule has 2 fully saturated rings. The fraction of sp³-hybridized carbons (Fsp3) is 0.400. The largest absolute Gasteiger partial charge is 0.457 e. The SMILES string of the molecule is CC(OC(=O)C1CC2CCCC(C1)C2=O)C(=O)Nc1ccc(Oc2ccccc2)cc1. The topological polar surface area (TPSA) is 81.7 Å². The molecule has 0 aromatic heterocycles. The van der Waals surface area contributed by atoms with Crippen LogP contribution in [0, 0.1) is 17.8 Å². The average Bonchev–Trinajstić information content (AvgIpc) is 2.75. The molecule has 31 heavy (non-hydrogen) atoms. The summed E-state index contributed by atoms with van der Waals surface area (Å²) in [7, 11) is 0. The van der Waals surface area contributed by atoms with Crippen molar-refractivity contribution in [1.29, 1.82) is 0 Å². The van der Waals surface area contributed by atoms with Crippen molar-refractivity contribution in [2.75, 3.05) is 5.32 Å². The molecule has 3 atom stereocenters. The highest BCUT2D eigenvalue weighted by molar-refractivity contribution is 5.95. The summed E-state index contributed by atoms with van der Waals surface area (Å²) in [6, 6.07) is 16.4. The number of ether oxygens (including phenoxy) is 2. The van der Waals surface area contributed by atoms with Crippen molar-refractivity contribution in [3.8, 4) is 11.5 Å². The number of nitrogens with one attached hydrogen (secondary N) is 1. The van der Waals surface area contributed by atoms with Crippen LogP contribution in [0.3, 0.4) is 0 Å². The van der Waals surface area contributed by atoms with E-state index in [2.05, 4.69) is 5.32 Å². The molecule has 4 rings (SSSR count). The Hall–Kier alpha value is -3.15. The van der Waals surface area contributed by atoms with E-state index in [9.17, 15) is 14.4 Å². The van der Waals surface area contributed by atoms with E-state index in [0.29, 0.717) is 30.1 Å².